The minimum Gasteiger partial charge on any atom is -0.490 e. The lowest BCUT2D eigenvalue weighted by molar-refractivity contribution is 0.101. The quantitative estimate of drug-likeness (QED) is 0.504. The Bertz CT molecular complexity index is 1030. The zero-order valence-corrected chi connectivity index (χ0v) is 16.5. The first-order chi connectivity index (χ1) is 13.2. The zero-order chi connectivity index (χ0) is 18.4. The molecule has 7 nitrogen and oxygen atoms in total. The molecule has 3 aromatic rings. The molecule has 2 aliphatic rings. The molecule has 1 unspecified atom stereocenters. The van der Waals surface area contributed by atoms with Gasteiger partial charge in [-0.15, -0.1) is 10.2 Å². The third-order valence-electron chi connectivity index (χ3n) is 5.02. The predicted octanol–water partition coefficient (Wildman–Crippen LogP) is 3.68. The molecule has 4 bridgehead atoms. The summed E-state index contributed by atoms with van der Waals surface area (Å²) in [4.78, 5) is 17.5. The molecule has 1 saturated carbocycles. The molecule has 0 saturated heterocycles. The number of amides is 1. The van der Waals surface area contributed by atoms with Crippen molar-refractivity contribution in [1.29, 1.82) is 0 Å². The number of benzene rings is 1. The molecule has 136 valence electrons. The second-order valence-corrected chi connectivity index (χ2v) is 8.02. The number of pyridine rings is 1. The van der Waals surface area contributed by atoms with E-state index < -0.39 is 0 Å². The van der Waals surface area contributed by atoms with Gasteiger partial charge in [0.2, 0.25) is 0 Å². The summed E-state index contributed by atoms with van der Waals surface area (Å²) in [6.45, 7) is 0. The number of anilines is 1. The Labute approximate surface area is 169 Å². The number of rotatable bonds is 0. The van der Waals surface area contributed by atoms with Crippen molar-refractivity contribution in [1.82, 2.24) is 19.7 Å². The third kappa shape index (κ3) is 3.07. The summed E-state index contributed by atoms with van der Waals surface area (Å²) in [6.07, 6.45) is 4.54. The number of nitrogens with zero attached hydrogens (tertiary/aromatic N) is 4. The Morgan fingerprint density at radius 1 is 1.22 bits per heavy atom. The van der Waals surface area contributed by atoms with E-state index in [2.05, 4.69) is 47.7 Å². The molecule has 3 heterocycles. The number of fused-ring (bicyclic) bond motifs is 8. The molecule has 0 radical (unpaired) electrons. The van der Waals surface area contributed by atoms with E-state index in [1.165, 1.54) is 0 Å². The molecular formula is C19H16IN5O2. The van der Waals surface area contributed by atoms with E-state index in [1.807, 2.05) is 30.3 Å². The summed E-state index contributed by atoms with van der Waals surface area (Å²) in [6, 6.07) is 11.4. The van der Waals surface area contributed by atoms with Crippen molar-refractivity contribution in [2.24, 2.45) is 0 Å². The maximum atomic E-state index is 12.9. The number of hydrogen-bond acceptors (Lipinski definition) is 5. The van der Waals surface area contributed by atoms with Gasteiger partial charge < -0.3 is 14.6 Å². The summed E-state index contributed by atoms with van der Waals surface area (Å²) in [7, 11) is 0. The number of halogens is 1. The van der Waals surface area contributed by atoms with Crippen LogP contribution in [0.25, 0.3) is 11.5 Å². The molecule has 1 N–H and O–H groups in total. The van der Waals surface area contributed by atoms with Crippen molar-refractivity contribution in [2.75, 3.05) is 5.32 Å². The summed E-state index contributed by atoms with van der Waals surface area (Å²) in [5.41, 5.74) is 1.22. The lowest BCUT2D eigenvalue weighted by atomic mass is 10.1. The second kappa shape index (κ2) is 6.59. The highest BCUT2D eigenvalue weighted by Gasteiger charge is 2.31. The molecular weight excluding hydrogens is 457 g/mol. The maximum absolute atomic E-state index is 12.9. The summed E-state index contributed by atoms with van der Waals surface area (Å²) in [5.74, 6) is 1.56. The molecule has 2 atom stereocenters. The fourth-order valence-electron chi connectivity index (χ4n) is 3.74. The van der Waals surface area contributed by atoms with Crippen LogP contribution in [0.15, 0.2) is 42.7 Å². The highest BCUT2D eigenvalue weighted by atomic mass is 127. The van der Waals surface area contributed by atoms with E-state index in [4.69, 9.17) is 4.74 Å². The highest BCUT2D eigenvalue weighted by molar-refractivity contribution is 14.1. The van der Waals surface area contributed by atoms with E-state index in [0.717, 1.165) is 22.8 Å². The fourth-order valence-corrected chi connectivity index (χ4v) is 4.24. The Balaban J connectivity index is 1.65. The van der Waals surface area contributed by atoms with Crippen LogP contribution in [0.3, 0.4) is 0 Å². The Morgan fingerprint density at radius 2 is 2.15 bits per heavy atom. The lowest BCUT2D eigenvalue weighted by Gasteiger charge is -2.17. The topological polar surface area (TPSA) is 81.9 Å². The van der Waals surface area contributed by atoms with Crippen LogP contribution in [0.2, 0.25) is 0 Å². The lowest BCUT2D eigenvalue weighted by Crippen LogP contribution is -2.18. The second-order valence-electron chi connectivity index (χ2n) is 6.77. The van der Waals surface area contributed by atoms with Crippen LogP contribution in [0.5, 0.6) is 5.75 Å². The summed E-state index contributed by atoms with van der Waals surface area (Å²) in [5, 5.41) is 11.2. The van der Waals surface area contributed by atoms with Gasteiger partial charge in [0.05, 0.1) is 5.56 Å². The summed E-state index contributed by atoms with van der Waals surface area (Å²) < 4.78 is 9.29. The average molecular weight is 473 g/mol. The normalized spacial score (nSPS) is 21.0. The standard InChI is InChI=1S/C19H16IN5O2/c20-11-4-7-16-14(8-11)19(26)23-17-3-1-2-15(22-17)18-24-21-10-25(18)12-5-6-13(9-12)27-16/h1-4,7-8,10,12-13H,5-6,9H2,(H,22,23,26)/t12?,13-/m1/s1. The SMILES string of the molecule is O=C1Nc2cccc(n2)-c2nncn2C2CC[C@H](C2)Oc2ccc(I)cc21. The Kier molecular flexibility index (Phi) is 4.07. The monoisotopic (exact) mass is 473 g/mol. The molecule has 1 amide bonds. The molecule has 1 aliphatic carbocycles. The number of aromatic nitrogens is 4. The number of nitrogens with one attached hydrogen (secondary N) is 1. The van der Waals surface area contributed by atoms with E-state index in [1.54, 1.807) is 12.4 Å². The van der Waals surface area contributed by atoms with Gasteiger partial charge in [-0.3, -0.25) is 4.79 Å². The van der Waals surface area contributed by atoms with Crippen LogP contribution < -0.4 is 10.1 Å². The molecule has 0 spiro atoms. The van der Waals surface area contributed by atoms with E-state index in [0.29, 0.717) is 28.6 Å². The first kappa shape index (κ1) is 16.7. The first-order valence-electron chi connectivity index (χ1n) is 8.82. The van der Waals surface area contributed by atoms with Crippen molar-refractivity contribution in [2.45, 2.75) is 31.4 Å². The Hall–Kier alpha value is -2.49. The Morgan fingerprint density at radius 3 is 3.07 bits per heavy atom. The van der Waals surface area contributed by atoms with Gasteiger partial charge >= 0.3 is 0 Å². The van der Waals surface area contributed by atoms with Gasteiger partial charge in [0.25, 0.3) is 5.91 Å². The molecule has 1 aliphatic heterocycles. The van der Waals surface area contributed by atoms with Gasteiger partial charge in [-0.1, -0.05) is 6.07 Å². The molecule has 1 fully saturated rings. The minimum atomic E-state index is -0.233. The summed E-state index contributed by atoms with van der Waals surface area (Å²) >= 11 is 2.20. The van der Waals surface area contributed by atoms with Gasteiger partial charge in [0, 0.05) is 16.0 Å². The predicted molar refractivity (Wildman–Crippen MR) is 108 cm³/mol. The molecule has 8 heteroatoms. The molecule has 27 heavy (non-hydrogen) atoms. The number of hydrogen-bond donors (Lipinski definition) is 1. The smallest absolute Gasteiger partial charge is 0.260 e. The van der Waals surface area contributed by atoms with Crippen molar-refractivity contribution in [3.63, 3.8) is 0 Å². The van der Waals surface area contributed by atoms with Gasteiger partial charge in [-0.2, -0.15) is 0 Å². The zero-order valence-electron chi connectivity index (χ0n) is 14.3. The number of ether oxygens (including phenoxy) is 1. The third-order valence-corrected chi connectivity index (χ3v) is 5.69. The van der Waals surface area contributed by atoms with Gasteiger partial charge in [0.1, 0.15) is 29.7 Å². The van der Waals surface area contributed by atoms with Crippen molar-refractivity contribution < 1.29 is 9.53 Å². The highest BCUT2D eigenvalue weighted by Crippen LogP contribution is 2.36. The van der Waals surface area contributed by atoms with Crippen LogP contribution in [-0.4, -0.2) is 31.8 Å². The van der Waals surface area contributed by atoms with Crippen LogP contribution in [0.1, 0.15) is 35.7 Å². The number of carbonyl (C=O) groups is 1. The largest absolute Gasteiger partial charge is 0.490 e. The minimum absolute atomic E-state index is 0.0497. The molecule has 1 aromatic carbocycles. The van der Waals surface area contributed by atoms with Crippen molar-refractivity contribution in [3.8, 4) is 17.3 Å². The van der Waals surface area contributed by atoms with Gasteiger partial charge in [-0.05, 0) is 65.8 Å². The molecule has 2 aromatic heterocycles. The van der Waals surface area contributed by atoms with Crippen LogP contribution in [0, 0.1) is 3.57 Å². The van der Waals surface area contributed by atoms with E-state index >= 15 is 0 Å². The van der Waals surface area contributed by atoms with Gasteiger partial charge in [0.15, 0.2) is 5.82 Å². The molecule has 5 rings (SSSR count). The van der Waals surface area contributed by atoms with Gasteiger partial charge in [-0.25, -0.2) is 4.98 Å². The van der Waals surface area contributed by atoms with Crippen LogP contribution in [-0.2, 0) is 0 Å². The number of carbonyl (C=O) groups excluding carboxylic acids is 1. The fraction of sp³-hybridized carbons (Fsp3) is 0.263. The van der Waals surface area contributed by atoms with Crippen molar-refractivity contribution >= 4 is 34.3 Å². The first-order valence-corrected chi connectivity index (χ1v) is 9.90. The van der Waals surface area contributed by atoms with Crippen LogP contribution in [0.4, 0.5) is 5.82 Å². The van der Waals surface area contributed by atoms with E-state index in [9.17, 15) is 4.79 Å². The van der Waals surface area contributed by atoms with Crippen LogP contribution >= 0.6 is 22.6 Å². The van der Waals surface area contributed by atoms with E-state index in [-0.39, 0.29) is 18.1 Å². The average Bonchev–Trinajstić information content (AvgIpc) is 3.32. The maximum Gasteiger partial charge on any atom is 0.260 e. The van der Waals surface area contributed by atoms with Crippen molar-refractivity contribution in [3.05, 3.63) is 51.9 Å².